The summed E-state index contributed by atoms with van der Waals surface area (Å²) in [7, 11) is 0. The fourth-order valence-corrected chi connectivity index (χ4v) is 3.95. The molecule has 0 amide bonds. The lowest BCUT2D eigenvalue weighted by Gasteiger charge is -2.27. The molecule has 3 heterocycles. The van der Waals surface area contributed by atoms with Gasteiger partial charge in [0.1, 0.15) is 17.9 Å². The maximum absolute atomic E-state index is 10.2. The number of benzene rings is 1. The first-order chi connectivity index (χ1) is 13.3. The van der Waals surface area contributed by atoms with E-state index in [2.05, 4.69) is 26.3 Å². The predicted molar refractivity (Wildman–Crippen MR) is 106 cm³/mol. The third-order valence-corrected chi connectivity index (χ3v) is 5.45. The number of morpholine rings is 1. The van der Waals surface area contributed by atoms with E-state index in [1.807, 2.05) is 12.1 Å². The second-order valence-corrected chi connectivity index (χ2v) is 7.43. The minimum atomic E-state index is 0.297. The number of aromatic hydroxyl groups is 1. The summed E-state index contributed by atoms with van der Waals surface area (Å²) in [4.78, 5) is 11.1. The zero-order valence-corrected chi connectivity index (χ0v) is 15.7. The van der Waals surface area contributed by atoms with E-state index in [1.165, 1.54) is 19.3 Å². The van der Waals surface area contributed by atoms with Crippen LogP contribution in [0.1, 0.15) is 31.2 Å². The average molecular weight is 368 g/mol. The maximum atomic E-state index is 10.2. The monoisotopic (exact) mass is 368 g/mol. The summed E-state index contributed by atoms with van der Waals surface area (Å²) in [6, 6.07) is 8.40. The first-order valence-electron chi connectivity index (χ1n) is 9.99. The molecule has 4 rings (SSSR count). The average Bonchev–Trinajstić information content (AvgIpc) is 2.73. The fourth-order valence-electron chi connectivity index (χ4n) is 3.95. The number of aromatic nitrogens is 2. The van der Waals surface area contributed by atoms with Gasteiger partial charge in [0.15, 0.2) is 0 Å². The van der Waals surface area contributed by atoms with Crippen molar-refractivity contribution in [1.82, 2.24) is 15.3 Å². The predicted octanol–water partition coefficient (Wildman–Crippen LogP) is 2.76. The summed E-state index contributed by atoms with van der Waals surface area (Å²) < 4.78 is 5.42. The molecular weight excluding hydrogens is 340 g/mol. The van der Waals surface area contributed by atoms with Crippen LogP contribution >= 0.6 is 0 Å². The molecule has 2 fully saturated rings. The fraction of sp³-hybridized carbons (Fsp3) is 0.524. The van der Waals surface area contributed by atoms with E-state index in [0.29, 0.717) is 11.8 Å². The van der Waals surface area contributed by atoms with Crippen LogP contribution in [0.3, 0.4) is 0 Å². The molecule has 6 nitrogen and oxygen atoms in total. The van der Waals surface area contributed by atoms with Gasteiger partial charge in [0.25, 0.3) is 0 Å². The molecule has 2 aliphatic rings. The zero-order chi connectivity index (χ0) is 18.5. The lowest BCUT2D eigenvalue weighted by molar-refractivity contribution is 0.122. The molecule has 0 radical (unpaired) electrons. The molecule has 2 saturated heterocycles. The first kappa shape index (κ1) is 18.2. The van der Waals surface area contributed by atoms with E-state index in [9.17, 15) is 5.11 Å². The van der Waals surface area contributed by atoms with Crippen molar-refractivity contribution >= 4 is 5.82 Å². The topological polar surface area (TPSA) is 70.5 Å². The van der Waals surface area contributed by atoms with Crippen molar-refractivity contribution < 1.29 is 9.84 Å². The molecule has 27 heavy (non-hydrogen) atoms. The van der Waals surface area contributed by atoms with Crippen molar-refractivity contribution in [2.45, 2.75) is 38.1 Å². The van der Waals surface area contributed by atoms with Crippen LogP contribution in [0.5, 0.6) is 5.75 Å². The van der Waals surface area contributed by atoms with Gasteiger partial charge < -0.3 is 20.1 Å². The summed E-state index contributed by atoms with van der Waals surface area (Å²) in [5.41, 5.74) is 2.95. The Labute approximate surface area is 160 Å². The lowest BCUT2D eigenvalue weighted by Crippen LogP contribution is -2.36. The van der Waals surface area contributed by atoms with Crippen LogP contribution in [0.25, 0.3) is 11.3 Å². The van der Waals surface area contributed by atoms with Crippen LogP contribution in [0.15, 0.2) is 30.6 Å². The smallest absolute Gasteiger partial charge is 0.132 e. The van der Waals surface area contributed by atoms with Gasteiger partial charge >= 0.3 is 0 Å². The Kier molecular flexibility index (Phi) is 5.84. The Bertz CT molecular complexity index is 756. The molecule has 0 bridgehead atoms. The molecule has 2 aromatic rings. The number of phenolic OH excluding ortho intramolecular Hbond substituents is 1. The van der Waals surface area contributed by atoms with Crippen molar-refractivity contribution in [3.8, 4) is 17.0 Å². The minimum Gasteiger partial charge on any atom is -0.508 e. The third-order valence-electron chi connectivity index (χ3n) is 5.45. The van der Waals surface area contributed by atoms with Crippen molar-refractivity contribution in [2.75, 3.05) is 37.7 Å². The highest BCUT2D eigenvalue weighted by atomic mass is 16.5. The van der Waals surface area contributed by atoms with E-state index in [4.69, 9.17) is 4.74 Å². The molecule has 1 aromatic carbocycles. The van der Waals surface area contributed by atoms with Gasteiger partial charge in [0.05, 0.1) is 18.9 Å². The van der Waals surface area contributed by atoms with Gasteiger partial charge in [-0.15, -0.1) is 0 Å². The summed E-state index contributed by atoms with van der Waals surface area (Å²) >= 11 is 0. The van der Waals surface area contributed by atoms with Crippen LogP contribution in [0, 0.1) is 0 Å². The van der Waals surface area contributed by atoms with Crippen molar-refractivity contribution in [1.29, 1.82) is 0 Å². The van der Waals surface area contributed by atoms with Gasteiger partial charge in [-0.05, 0) is 56.0 Å². The molecule has 0 spiro atoms. The molecule has 144 valence electrons. The van der Waals surface area contributed by atoms with Gasteiger partial charge in [-0.1, -0.05) is 6.42 Å². The number of ether oxygens (including phenoxy) is 1. The van der Waals surface area contributed by atoms with Gasteiger partial charge in [-0.2, -0.15) is 0 Å². The number of anilines is 1. The molecule has 1 unspecified atom stereocenters. The Morgan fingerprint density at radius 3 is 2.81 bits per heavy atom. The zero-order valence-electron chi connectivity index (χ0n) is 15.7. The Morgan fingerprint density at radius 2 is 2.00 bits per heavy atom. The lowest BCUT2D eigenvalue weighted by atomic mass is 9.96. The van der Waals surface area contributed by atoms with Gasteiger partial charge in [-0.25, -0.2) is 9.97 Å². The largest absolute Gasteiger partial charge is 0.508 e. The van der Waals surface area contributed by atoms with E-state index < -0.39 is 0 Å². The van der Waals surface area contributed by atoms with Crippen molar-refractivity contribution in [2.24, 2.45) is 0 Å². The number of nitrogens with zero attached hydrogens (tertiary/aromatic N) is 3. The van der Waals surface area contributed by atoms with E-state index in [-0.39, 0.29) is 0 Å². The van der Waals surface area contributed by atoms with Gasteiger partial charge in [0.2, 0.25) is 0 Å². The van der Waals surface area contributed by atoms with Crippen LogP contribution in [0.2, 0.25) is 0 Å². The molecule has 0 saturated carbocycles. The molecule has 6 heteroatoms. The Morgan fingerprint density at radius 1 is 1.11 bits per heavy atom. The Hall–Kier alpha value is -2.18. The SMILES string of the molecule is Oc1cc(CCC2CCCCN2)cc(-c2cc(N3CCOCC3)ncn2)c1. The molecule has 1 atom stereocenters. The number of piperidine rings is 1. The number of rotatable bonds is 5. The highest BCUT2D eigenvalue weighted by Crippen LogP contribution is 2.27. The Balaban J connectivity index is 1.50. The number of phenols is 1. The minimum absolute atomic E-state index is 0.297. The molecule has 0 aliphatic carbocycles. The van der Waals surface area contributed by atoms with Crippen molar-refractivity contribution in [3.63, 3.8) is 0 Å². The molecule has 2 aliphatic heterocycles. The van der Waals surface area contributed by atoms with Gasteiger partial charge in [-0.3, -0.25) is 0 Å². The number of hydrogen-bond donors (Lipinski definition) is 2. The summed E-state index contributed by atoms with van der Waals surface area (Å²) in [6.45, 7) is 4.27. The summed E-state index contributed by atoms with van der Waals surface area (Å²) in [5.74, 6) is 1.21. The quantitative estimate of drug-likeness (QED) is 0.846. The van der Waals surface area contributed by atoms with Gasteiger partial charge in [0, 0.05) is 30.8 Å². The molecular formula is C21H28N4O2. The van der Waals surface area contributed by atoms with Crippen LogP contribution < -0.4 is 10.2 Å². The van der Waals surface area contributed by atoms with Crippen molar-refractivity contribution in [3.05, 3.63) is 36.2 Å². The van der Waals surface area contributed by atoms with Crippen LogP contribution in [-0.4, -0.2) is 54.0 Å². The highest BCUT2D eigenvalue weighted by Gasteiger charge is 2.15. The number of aryl methyl sites for hydroxylation is 1. The second kappa shape index (κ2) is 8.67. The van der Waals surface area contributed by atoms with E-state index >= 15 is 0 Å². The molecule has 2 N–H and O–H groups in total. The summed E-state index contributed by atoms with van der Waals surface area (Å²) in [5, 5.41) is 13.8. The number of hydrogen-bond acceptors (Lipinski definition) is 6. The second-order valence-electron chi connectivity index (χ2n) is 7.43. The van der Waals surface area contributed by atoms with Crippen LogP contribution in [0.4, 0.5) is 5.82 Å². The van der Waals surface area contributed by atoms with E-state index in [0.717, 1.165) is 68.3 Å². The standard InChI is InChI=1S/C21H28N4O2/c26-19-12-16(4-5-18-3-1-2-6-22-18)11-17(13-19)20-14-21(24-15-23-20)25-7-9-27-10-8-25/h11-15,18,22,26H,1-10H2. The summed E-state index contributed by atoms with van der Waals surface area (Å²) in [6.07, 6.45) is 7.52. The highest BCUT2D eigenvalue weighted by molar-refractivity contribution is 5.65. The molecule has 1 aromatic heterocycles. The maximum Gasteiger partial charge on any atom is 0.132 e. The third kappa shape index (κ3) is 4.76. The first-order valence-corrected chi connectivity index (χ1v) is 9.99. The number of nitrogens with one attached hydrogen (secondary N) is 1. The van der Waals surface area contributed by atoms with E-state index in [1.54, 1.807) is 12.4 Å². The normalized spacial score (nSPS) is 20.6. The van der Waals surface area contributed by atoms with Crippen LogP contribution in [-0.2, 0) is 11.2 Å².